The molecular formula is C3H6FNO3. The summed E-state index contributed by atoms with van der Waals surface area (Å²) in [7, 11) is 0. The van der Waals surface area contributed by atoms with Crippen molar-refractivity contribution in [1.29, 1.82) is 0 Å². The zero-order valence-electron chi connectivity index (χ0n) is 4.00. The Labute approximate surface area is 44.9 Å². The number of aliphatic carboxylic acids is 1. The molecule has 0 aromatic heterocycles. The summed E-state index contributed by atoms with van der Waals surface area (Å²) in [4.78, 5) is 18.5. The monoisotopic (exact) mass is 123 g/mol. The molecule has 0 fully saturated rings. The van der Waals surface area contributed by atoms with Crippen LogP contribution in [0.5, 0.6) is 0 Å². The molecule has 0 heterocycles. The predicted molar refractivity (Wildman–Crippen MR) is 23.6 cm³/mol. The number of rotatable bonds is 2. The van der Waals surface area contributed by atoms with Gasteiger partial charge >= 0.3 is 5.97 Å². The first-order chi connectivity index (χ1) is 3.18. The van der Waals surface area contributed by atoms with Crippen LogP contribution in [0.4, 0.5) is 4.39 Å². The fraction of sp³-hybridized carbons (Fsp3) is 0.333. The molecule has 0 radical (unpaired) electrons. The molecule has 0 aromatic carbocycles. The quantitative estimate of drug-likeness (QED) is 0.392. The molecule has 1 atom stereocenters. The second-order valence-corrected chi connectivity index (χ2v) is 0.876. The van der Waals surface area contributed by atoms with Gasteiger partial charge in [0.25, 0.3) is 6.17 Å². The number of carbonyl (C=O) groups is 2. The Morgan fingerprint density at radius 2 is 2.12 bits per heavy atom. The number of carbonyl (C=O) groups excluding carboxylic acids is 1. The van der Waals surface area contributed by atoms with E-state index in [0.29, 0.717) is 0 Å². The lowest BCUT2D eigenvalue weighted by Crippen LogP contribution is -2.14. The topological polar surface area (TPSA) is 89.4 Å². The molecule has 5 heteroatoms. The standard InChI is InChI=1S/C3H3FO3.H3N/c4-2(1-5)3(6)7;/h1-2H,(H,6,7);1H3. The Balaban J connectivity index is 0. The van der Waals surface area contributed by atoms with Gasteiger partial charge in [0, 0.05) is 0 Å². The van der Waals surface area contributed by atoms with Crippen LogP contribution in [-0.4, -0.2) is 23.5 Å². The number of hydrogen-bond donors (Lipinski definition) is 2. The van der Waals surface area contributed by atoms with E-state index in [2.05, 4.69) is 0 Å². The number of aldehydes is 1. The lowest BCUT2D eigenvalue weighted by atomic mass is 10.4. The maximum Gasteiger partial charge on any atom is 0.345 e. The summed E-state index contributed by atoms with van der Waals surface area (Å²) in [6, 6.07) is 0. The smallest absolute Gasteiger partial charge is 0.345 e. The number of hydrogen-bond acceptors (Lipinski definition) is 3. The second-order valence-electron chi connectivity index (χ2n) is 0.876. The first kappa shape index (κ1) is 10.1. The average molecular weight is 123 g/mol. The second kappa shape index (κ2) is 4.20. The molecular weight excluding hydrogens is 117 g/mol. The van der Waals surface area contributed by atoms with Gasteiger partial charge in [0.1, 0.15) is 0 Å². The van der Waals surface area contributed by atoms with Gasteiger partial charge in [0.2, 0.25) is 0 Å². The molecule has 8 heavy (non-hydrogen) atoms. The third-order valence-electron chi connectivity index (χ3n) is 0.355. The minimum absolute atomic E-state index is 0. The summed E-state index contributed by atoms with van der Waals surface area (Å²) in [6.07, 6.45) is -2.64. The Bertz CT molecular complexity index is 94.5. The van der Waals surface area contributed by atoms with E-state index in [1.165, 1.54) is 0 Å². The van der Waals surface area contributed by atoms with E-state index in [9.17, 15) is 14.0 Å². The summed E-state index contributed by atoms with van der Waals surface area (Å²) >= 11 is 0. The van der Waals surface area contributed by atoms with Gasteiger partial charge in [0.15, 0.2) is 6.29 Å². The molecule has 0 spiro atoms. The average Bonchev–Trinajstić information content (AvgIpc) is 1.65. The van der Waals surface area contributed by atoms with E-state index >= 15 is 0 Å². The van der Waals surface area contributed by atoms with E-state index in [0.717, 1.165) is 0 Å². The Kier molecular flexibility index (Phi) is 5.30. The summed E-state index contributed by atoms with van der Waals surface area (Å²) < 4.78 is 11.3. The van der Waals surface area contributed by atoms with E-state index in [1.807, 2.05) is 0 Å². The van der Waals surface area contributed by atoms with E-state index in [-0.39, 0.29) is 12.4 Å². The van der Waals surface area contributed by atoms with E-state index in [4.69, 9.17) is 5.11 Å². The molecule has 0 amide bonds. The summed E-state index contributed by atoms with van der Waals surface area (Å²) in [5.41, 5.74) is 0. The van der Waals surface area contributed by atoms with Gasteiger partial charge in [0.05, 0.1) is 0 Å². The first-order valence-electron chi connectivity index (χ1n) is 1.50. The summed E-state index contributed by atoms with van der Waals surface area (Å²) in [6.45, 7) is 0. The Morgan fingerprint density at radius 1 is 1.75 bits per heavy atom. The van der Waals surface area contributed by atoms with Crippen molar-refractivity contribution in [3.63, 3.8) is 0 Å². The van der Waals surface area contributed by atoms with Crippen molar-refractivity contribution in [3.8, 4) is 0 Å². The Morgan fingerprint density at radius 3 is 2.12 bits per heavy atom. The molecule has 0 rings (SSSR count). The molecule has 0 saturated carbocycles. The van der Waals surface area contributed by atoms with Crippen LogP contribution in [0.15, 0.2) is 0 Å². The van der Waals surface area contributed by atoms with Crippen molar-refractivity contribution >= 4 is 12.3 Å². The van der Waals surface area contributed by atoms with Gasteiger partial charge < -0.3 is 11.3 Å². The van der Waals surface area contributed by atoms with Crippen molar-refractivity contribution < 1.29 is 19.1 Å². The molecule has 0 bridgehead atoms. The van der Waals surface area contributed by atoms with E-state index < -0.39 is 12.1 Å². The van der Waals surface area contributed by atoms with Gasteiger partial charge in [-0.2, -0.15) is 0 Å². The minimum atomic E-state index is -2.36. The molecule has 1 unspecified atom stereocenters. The van der Waals surface area contributed by atoms with Crippen LogP contribution < -0.4 is 6.15 Å². The third-order valence-corrected chi connectivity index (χ3v) is 0.355. The van der Waals surface area contributed by atoms with Gasteiger partial charge in [-0.05, 0) is 0 Å². The van der Waals surface area contributed by atoms with Crippen LogP contribution in [0.2, 0.25) is 0 Å². The third kappa shape index (κ3) is 3.23. The van der Waals surface area contributed by atoms with Crippen LogP contribution in [0, 0.1) is 0 Å². The van der Waals surface area contributed by atoms with Gasteiger partial charge in [-0.1, -0.05) is 0 Å². The fourth-order valence-corrected chi connectivity index (χ4v) is 0.0582. The highest BCUT2D eigenvalue weighted by Gasteiger charge is 2.11. The van der Waals surface area contributed by atoms with E-state index in [1.54, 1.807) is 0 Å². The molecule has 0 aliphatic rings. The van der Waals surface area contributed by atoms with Crippen LogP contribution in [-0.2, 0) is 9.59 Å². The SMILES string of the molecule is N.O=CC(F)C(=O)O. The molecule has 48 valence electrons. The van der Waals surface area contributed by atoms with Gasteiger partial charge in [-0.25, -0.2) is 9.18 Å². The molecule has 0 aromatic rings. The summed E-state index contributed by atoms with van der Waals surface area (Å²) in [5, 5.41) is 7.58. The first-order valence-corrected chi connectivity index (χ1v) is 1.50. The number of carboxylic acids is 1. The molecule has 0 saturated heterocycles. The van der Waals surface area contributed by atoms with Gasteiger partial charge in [-0.15, -0.1) is 0 Å². The minimum Gasteiger partial charge on any atom is -0.479 e. The van der Waals surface area contributed by atoms with Crippen LogP contribution >= 0.6 is 0 Å². The number of alkyl halides is 1. The lowest BCUT2D eigenvalue weighted by Gasteiger charge is -1.84. The largest absolute Gasteiger partial charge is 0.479 e. The van der Waals surface area contributed by atoms with Crippen LogP contribution in [0.25, 0.3) is 0 Å². The zero-order valence-corrected chi connectivity index (χ0v) is 4.00. The molecule has 4 N–H and O–H groups in total. The Hall–Kier alpha value is -0.970. The maximum absolute atomic E-state index is 11.3. The normalized spacial score (nSPS) is 11.1. The highest BCUT2D eigenvalue weighted by Crippen LogP contribution is 1.81. The van der Waals surface area contributed by atoms with Crippen molar-refractivity contribution in [3.05, 3.63) is 0 Å². The number of halogens is 1. The number of carboxylic acid groups (broad SMARTS) is 1. The lowest BCUT2D eigenvalue weighted by molar-refractivity contribution is -0.144. The van der Waals surface area contributed by atoms with Crippen LogP contribution in [0.3, 0.4) is 0 Å². The molecule has 4 nitrogen and oxygen atoms in total. The molecule has 0 aliphatic heterocycles. The van der Waals surface area contributed by atoms with Gasteiger partial charge in [-0.3, -0.25) is 4.79 Å². The zero-order chi connectivity index (χ0) is 5.86. The van der Waals surface area contributed by atoms with Crippen molar-refractivity contribution in [1.82, 2.24) is 6.15 Å². The van der Waals surface area contributed by atoms with Crippen molar-refractivity contribution in [2.75, 3.05) is 0 Å². The van der Waals surface area contributed by atoms with Crippen molar-refractivity contribution in [2.45, 2.75) is 6.17 Å². The highest BCUT2D eigenvalue weighted by molar-refractivity contribution is 5.89. The fourth-order valence-electron chi connectivity index (χ4n) is 0.0582. The molecule has 0 aliphatic carbocycles. The summed E-state index contributed by atoms with van der Waals surface area (Å²) in [5.74, 6) is -1.74. The maximum atomic E-state index is 11.3. The highest BCUT2D eigenvalue weighted by atomic mass is 19.1. The van der Waals surface area contributed by atoms with Crippen LogP contribution in [0.1, 0.15) is 0 Å². The predicted octanol–water partition coefficient (Wildman–Crippen LogP) is -0.230. The van der Waals surface area contributed by atoms with Crippen molar-refractivity contribution in [2.24, 2.45) is 0 Å².